The topological polar surface area (TPSA) is 50.2 Å². The van der Waals surface area contributed by atoms with Crippen LogP contribution in [0.3, 0.4) is 0 Å². The average molecular weight is 266 g/mol. The maximum atomic E-state index is 10.8. The number of carboxylic acids is 1. The van der Waals surface area contributed by atoms with Crippen molar-refractivity contribution in [2.75, 3.05) is 0 Å². The zero-order valence-electron chi connectivity index (χ0n) is 7.99. The Morgan fingerprint density at radius 2 is 2.13 bits per heavy atom. The molecule has 0 radical (unpaired) electrons. The number of aromatic carboxylic acids is 1. The van der Waals surface area contributed by atoms with Crippen molar-refractivity contribution in [1.29, 1.82) is 0 Å². The van der Waals surface area contributed by atoms with Crippen LogP contribution in [0.4, 0.5) is 0 Å². The maximum absolute atomic E-state index is 10.8. The summed E-state index contributed by atoms with van der Waals surface area (Å²) in [7, 11) is 0. The van der Waals surface area contributed by atoms with E-state index in [9.17, 15) is 4.79 Å². The standard InChI is InChI=1S/C11H8BrNO2/c1-6-2-8(11(14)15)3-7-4-9(12)5-13-10(6)7/h2-5H,1H3,(H,14,15). The highest BCUT2D eigenvalue weighted by molar-refractivity contribution is 9.10. The molecule has 1 N–H and O–H groups in total. The molecule has 0 atom stereocenters. The number of hydrogen-bond acceptors (Lipinski definition) is 2. The molecule has 0 spiro atoms. The van der Waals surface area contributed by atoms with Gasteiger partial charge in [-0.25, -0.2) is 4.79 Å². The van der Waals surface area contributed by atoms with Gasteiger partial charge in [-0.3, -0.25) is 4.98 Å². The second kappa shape index (κ2) is 3.62. The van der Waals surface area contributed by atoms with Crippen molar-refractivity contribution in [3.05, 3.63) is 40.0 Å². The molecule has 0 aliphatic carbocycles. The number of pyridine rings is 1. The molecule has 0 aliphatic rings. The minimum atomic E-state index is -0.917. The smallest absolute Gasteiger partial charge is 0.335 e. The van der Waals surface area contributed by atoms with E-state index in [4.69, 9.17) is 5.11 Å². The summed E-state index contributed by atoms with van der Waals surface area (Å²) < 4.78 is 0.844. The summed E-state index contributed by atoms with van der Waals surface area (Å²) >= 11 is 3.31. The fourth-order valence-corrected chi connectivity index (χ4v) is 1.88. The lowest BCUT2D eigenvalue weighted by molar-refractivity contribution is 0.0697. The van der Waals surface area contributed by atoms with Crippen molar-refractivity contribution in [1.82, 2.24) is 4.98 Å². The Bertz CT molecular complexity index is 552. The molecule has 1 aromatic heterocycles. The van der Waals surface area contributed by atoms with E-state index in [0.717, 1.165) is 20.9 Å². The molecule has 76 valence electrons. The number of hydrogen-bond donors (Lipinski definition) is 1. The second-order valence-corrected chi connectivity index (χ2v) is 4.24. The van der Waals surface area contributed by atoms with Crippen molar-refractivity contribution >= 4 is 32.8 Å². The molecule has 1 aromatic carbocycles. The minimum Gasteiger partial charge on any atom is -0.478 e. The predicted molar refractivity (Wildman–Crippen MR) is 61.1 cm³/mol. The summed E-state index contributed by atoms with van der Waals surface area (Å²) in [5, 5.41) is 9.74. The van der Waals surface area contributed by atoms with Gasteiger partial charge in [0.05, 0.1) is 11.1 Å². The van der Waals surface area contributed by atoms with Gasteiger partial charge in [0.1, 0.15) is 0 Å². The Kier molecular flexibility index (Phi) is 2.44. The quantitative estimate of drug-likeness (QED) is 0.863. The molecule has 2 rings (SSSR count). The summed E-state index contributed by atoms with van der Waals surface area (Å²) in [6.07, 6.45) is 1.70. The van der Waals surface area contributed by atoms with Crippen molar-refractivity contribution in [3.8, 4) is 0 Å². The van der Waals surface area contributed by atoms with Gasteiger partial charge in [-0.15, -0.1) is 0 Å². The summed E-state index contributed by atoms with van der Waals surface area (Å²) in [6, 6.07) is 5.12. The minimum absolute atomic E-state index is 0.292. The highest BCUT2D eigenvalue weighted by Gasteiger charge is 2.07. The zero-order valence-corrected chi connectivity index (χ0v) is 9.58. The van der Waals surface area contributed by atoms with Gasteiger partial charge < -0.3 is 5.11 Å². The van der Waals surface area contributed by atoms with Gasteiger partial charge in [0.15, 0.2) is 0 Å². The van der Waals surface area contributed by atoms with Crippen LogP contribution in [0, 0.1) is 6.92 Å². The number of benzene rings is 1. The van der Waals surface area contributed by atoms with Crippen LogP contribution in [0.5, 0.6) is 0 Å². The third-order valence-electron chi connectivity index (χ3n) is 2.19. The molecule has 0 amide bonds. The second-order valence-electron chi connectivity index (χ2n) is 3.32. The summed E-state index contributed by atoms with van der Waals surface area (Å²) in [5.41, 5.74) is 2.00. The molecule has 0 fully saturated rings. The van der Waals surface area contributed by atoms with Crippen LogP contribution < -0.4 is 0 Å². The predicted octanol–water partition coefficient (Wildman–Crippen LogP) is 3.00. The number of nitrogens with zero attached hydrogens (tertiary/aromatic N) is 1. The maximum Gasteiger partial charge on any atom is 0.335 e. The SMILES string of the molecule is Cc1cc(C(=O)O)cc2cc(Br)cnc12. The van der Waals surface area contributed by atoms with Gasteiger partial charge in [0.25, 0.3) is 0 Å². The number of carboxylic acid groups (broad SMARTS) is 1. The van der Waals surface area contributed by atoms with Crippen LogP contribution >= 0.6 is 15.9 Å². The number of carbonyl (C=O) groups is 1. The lowest BCUT2D eigenvalue weighted by Crippen LogP contribution is -1.97. The number of rotatable bonds is 1. The van der Waals surface area contributed by atoms with Crippen LogP contribution in [0.1, 0.15) is 15.9 Å². The monoisotopic (exact) mass is 265 g/mol. The summed E-state index contributed by atoms with van der Waals surface area (Å²) in [5.74, 6) is -0.917. The van der Waals surface area contributed by atoms with E-state index in [2.05, 4.69) is 20.9 Å². The molecule has 3 nitrogen and oxygen atoms in total. The van der Waals surface area contributed by atoms with E-state index in [-0.39, 0.29) is 0 Å². The molecule has 1 heterocycles. The van der Waals surface area contributed by atoms with Gasteiger partial charge in [-0.1, -0.05) is 0 Å². The van der Waals surface area contributed by atoms with E-state index < -0.39 is 5.97 Å². The van der Waals surface area contributed by atoms with Crippen LogP contribution in [-0.4, -0.2) is 16.1 Å². The molecule has 0 bridgehead atoms. The Labute approximate surface area is 94.9 Å². The van der Waals surface area contributed by atoms with Gasteiger partial charge in [-0.2, -0.15) is 0 Å². The Hall–Kier alpha value is -1.42. The van der Waals surface area contributed by atoms with Gasteiger partial charge >= 0.3 is 5.97 Å². The normalized spacial score (nSPS) is 10.5. The molecule has 0 saturated heterocycles. The summed E-state index contributed by atoms with van der Waals surface area (Å²) in [4.78, 5) is 15.1. The highest BCUT2D eigenvalue weighted by atomic mass is 79.9. The van der Waals surface area contributed by atoms with Crippen molar-refractivity contribution in [2.24, 2.45) is 0 Å². The largest absolute Gasteiger partial charge is 0.478 e. The fourth-order valence-electron chi connectivity index (χ4n) is 1.53. The van der Waals surface area contributed by atoms with Crippen LogP contribution in [0.15, 0.2) is 28.9 Å². The van der Waals surface area contributed by atoms with Crippen molar-refractivity contribution in [3.63, 3.8) is 0 Å². The van der Waals surface area contributed by atoms with Crippen LogP contribution in [0.2, 0.25) is 0 Å². The lowest BCUT2D eigenvalue weighted by atomic mass is 10.1. The molecule has 15 heavy (non-hydrogen) atoms. The first-order valence-electron chi connectivity index (χ1n) is 4.37. The Morgan fingerprint density at radius 3 is 2.80 bits per heavy atom. The zero-order chi connectivity index (χ0) is 11.0. The van der Waals surface area contributed by atoms with E-state index in [0.29, 0.717) is 5.56 Å². The molecular weight excluding hydrogens is 258 g/mol. The van der Waals surface area contributed by atoms with Crippen molar-refractivity contribution in [2.45, 2.75) is 6.92 Å². The van der Waals surface area contributed by atoms with Gasteiger partial charge in [0, 0.05) is 16.1 Å². The fraction of sp³-hybridized carbons (Fsp3) is 0.0909. The third-order valence-corrected chi connectivity index (χ3v) is 2.62. The van der Waals surface area contributed by atoms with Gasteiger partial charge in [0.2, 0.25) is 0 Å². The molecule has 0 aliphatic heterocycles. The van der Waals surface area contributed by atoms with E-state index in [1.54, 1.807) is 18.3 Å². The number of aryl methyl sites for hydroxylation is 1. The molecular formula is C11H8BrNO2. The number of aromatic nitrogens is 1. The molecule has 2 aromatic rings. The Morgan fingerprint density at radius 1 is 1.40 bits per heavy atom. The van der Waals surface area contributed by atoms with Crippen LogP contribution in [-0.2, 0) is 0 Å². The van der Waals surface area contributed by atoms with Crippen molar-refractivity contribution < 1.29 is 9.90 Å². The molecule has 4 heteroatoms. The molecule has 0 unspecified atom stereocenters. The number of halogens is 1. The van der Waals surface area contributed by atoms with E-state index in [1.807, 2.05) is 13.0 Å². The first-order chi connectivity index (χ1) is 7.08. The Balaban J connectivity index is 2.79. The lowest BCUT2D eigenvalue weighted by Gasteiger charge is -2.03. The van der Waals surface area contributed by atoms with Gasteiger partial charge in [-0.05, 0) is 46.6 Å². The van der Waals surface area contributed by atoms with E-state index in [1.165, 1.54) is 0 Å². The van der Waals surface area contributed by atoms with Crippen LogP contribution in [0.25, 0.3) is 10.9 Å². The third kappa shape index (κ3) is 1.85. The first kappa shape index (κ1) is 10.1. The first-order valence-corrected chi connectivity index (χ1v) is 5.16. The van der Waals surface area contributed by atoms with E-state index >= 15 is 0 Å². The highest BCUT2D eigenvalue weighted by Crippen LogP contribution is 2.21. The average Bonchev–Trinajstić information content (AvgIpc) is 2.16. The summed E-state index contributed by atoms with van der Waals surface area (Å²) in [6.45, 7) is 1.86. The number of fused-ring (bicyclic) bond motifs is 1. The molecule has 0 saturated carbocycles.